The van der Waals surface area contributed by atoms with E-state index in [1.807, 2.05) is 6.92 Å². The summed E-state index contributed by atoms with van der Waals surface area (Å²) in [5, 5.41) is 2.85. The van der Waals surface area contributed by atoms with E-state index in [1.54, 1.807) is 12.1 Å². The number of carbonyl (C=O) groups excluding carboxylic acids is 1. The Labute approximate surface area is 113 Å². The van der Waals surface area contributed by atoms with E-state index < -0.39 is 0 Å². The Balaban J connectivity index is 1.93. The Kier molecular flexibility index (Phi) is 4.53. The first-order valence-corrected chi connectivity index (χ1v) is 6.97. The number of likely N-dealkylation sites (tertiary alicyclic amines) is 1. The predicted molar refractivity (Wildman–Crippen MR) is 73.6 cm³/mol. The molecule has 1 aromatic rings. The SMILES string of the molecule is C[C@@H]1CCC[NH+]([C@@H](C)C(=O)Nc2ccc(F)cc2)C1. The number of anilines is 1. The average molecular weight is 265 g/mol. The van der Waals surface area contributed by atoms with Gasteiger partial charge in [-0.1, -0.05) is 6.92 Å². The monoisotopic (exact) mass is 265 g/mol. The molecule has 3 atom stereocenters. The molecule has 2 rings (SSSR count). The summed E-state index contributed by atoms with van der Waals surface area (Å²) in [6.45, 7) is 6.32. The van der Waals surface area contributed by atoms with Gasteiger partial charge in [0, 0.05) is 11.6 Å². The van der Waals surface area contributed by atoms with Crippen molar-refractivity contribution in [1.82, 2.24) is 0 Å². The van der Waals surface area contributed by atoms with Gasteiger partial charge in [-0.3, -0.25) is 4.79 Å². The predicted octanol–water partition coefficient (Wildman–Crippen LogP) is 1.47. The summed E-state index contributed by atoms with van der Waals surface area (Å²) in [6.07, 6.45) is 2.44. The van der Waals surface area contributed by atoms with Crippen LogP contribution in [0.1, 0.15) is 26.7 Å². The summed E-state index contributed by atoms with van der Waals surface area (Å²) in [5.41, 5.74) is 0.655. The molecule has 1 unspecified atom stereocenters. The average Bonchev–Trinajstić information content (AvgIpc) is 2.40. The molecule has 1 fully saturated rings. The highest BCUT2D eigenvalue weighted by Crippen LogP contribution is 2.09. The topological polar surface area (TPSA) is 33.5 Å². The van der Waals surface area contributed by atoms with Gasteiger partial charge in [-0.05, 0) is 44.0 Å². The normalized spacial score (nSPS) is 24.8. The zero-order valence-corrected chi connectivity index (χ0v) is 11.6. The third-order valence-corrected chi connectivity index (χ3v) is 3.92. The maximum absolute atomic E-state index is 12.8. The number of benzene rings is 1. The number of piperidine rings is 1. The number of amides is 1. The Hall–Kier alpha value is -1.42. The molecule has 1 aromatic carbocycles. The molecule has 19 heavy (non-hydrogen) atoms. The Morgan fingerprint density at radius 2 is 2.11 bits per heavy atom. The van der Waals surface area contributed by atoms with E-state index in [-0.39, 0.29) is 17.8 Å². The van der Waals surface area contributed by atoms with Gasteiger partial charge in [-0.25, -0.2) is 4.39 Å². The molecule has 1 amide bonds. The quantitative estimate of drug-likeness (QED) is 0.852. The molecule has 1 aliphatic rings. The van der Waals surface area contributed by atoms with Gasteiger partial charge in [0.15, 0.2) is 6.04 Å². The van der Waals surface area contributed by atoms with Gasteiger partial charge >= 0.3 is 0 Å². The van der Waals surface area contributed by atoms with Crippen molar-refractivity contribution in [2.45, 2.75) is 32.7 Å². The van der Waals surface area contributed by atoms with Crippen molar-refractivity contribution in [2.75, 3.05) is 18.4 Å². The van der Waals surface area contributed by atoms with Crippen molar-refractivity contribution in [3.63, 3.8) is 0 Å². The molecule has 0 spiro atoms. The Morgan fingerprint density at radius 1 is 1.42 bits per heavy atom. The molecule has 0 radical (unpaired) electrons. The highest BCUT2D eigenvalue weighted by Gasteiger charge is 2.29. The molecule has 1 saturated heterocycles. The standard InChI is InChI=1S/C15H21FN2O/c1-11-4-3-9-18(10-11)12(2)15(19)17-14-7-5-13(16)6-8-14/h5-8,11-12H,3-4,9-10H2,1-2H3,(H,17,19)/p+1/t11-,12+/m1/s1. The molecule has 4 heteroatoms. The second-order valence-corrected chi connectivity index (χ2v) is 5.58. The maximum atomic E-state index is 12.8. The first kappa shape index (κ1) is 14.0. The molecule has 3 nitrogen and oxygen atoms in total. The van der Waals surface area contributed by atoms with E-state index in [4.69, 9.17) is 0 Å². The summed E-state index contributed by atoms with van der Waals surface area (Å²) in [6, 6.07) is 5.84. The summed E-state index contributed by atoms with van der Waals surface area (Å²) in [7, 11) is 0. The lowest BCUT2D eigenvalue weighted by atomic mass is 9.99. The fourth-order valence-electron chi connectivity index (χ4n) is 2.69. The summed E-state index contributed by atoms with van der Waals surface area (Å²) in [5.74, 6) is 0.405. The lowest BCUT2D eigenvalue weighted by Gasteiger charge is -2.31. The van der Waals surface area contributed by atoms with E-state index in [2.05, 4.69) is 12.2 Å². The number of carbonyl (C=O) groups is 1. The third-order valence-electron chi connectivity index (χ3n) is 3.92. The summed E-state index contributed by atoms with van der Waals surface area (Å²) in [4.78, 5) is 13.5. The Bertz CT molecular complexity index is 432. The van der Waals surface area contributed by atoms with Crippen LogP contribution in [0.5, 0.6) is 0 Å². The van der Waals surface area contributed by atoms with Crippen molar-refractivity contribution in [3.8, 4) is 0 Å². The van der Waals surface area contributed by atoms with Crippen LogP contribution in [0.3, 0.4) is 0 Å². The van der Waals surface area contributed by atoms with Crippen molar-refractivity contribution in [3.05, 3.63) is 30.1 Å². The van der Waals surface area contributed by atoms with Crippen LogP contribution in [0.15, 0.2) is 24.3 Å². The highest BCUT2D eigenvalue weighted by molar-refractivity contribution is 5.93. The van der Waals surface area contributed by atoms with Crippen LogP contribution >= 0.6 is 0 Å². The van der Waals surface area contributed by atoms with E-state index in [1.165, 1.54) is 29.9 Å². The molecule has 1 aliphatic heterocycles. The van der Waals surface area contributed by atoms with Crippen LogP contribution in [-0.2, 0) is 4.79 Å². The van der Waals surface area contributed by atoms with Crippen LogP contribution in [0.2, 0.25) is 0 Å². The number of quaternary nitrogens is 1. The Morgan fingerprint density at radius 3 is 2.74 bits per heavy atom. The minimum Gasteiger partial charge on any atom is -0.325 e. The first-order valence-electron chi connectivity index (χ1n) is 6.97. The molecule has 104 valence electrons. The molecule has 0 aliphatic carbocycles. The minimum absolute atomic E-state index is 0.00991. The third kappa shape index (κ3) is 3.77. The zero-order valence-electron chi connectivity index (χ0n) is 11.6. The van der Waals surface area contributed by atoms with Gasteiger partial charge in [0.05, 0.1) is 13.1 Å². The summed E-state index contributed by atoms with van der Waals surface area (Å²) >= 11 is 0. The second kappa shape index (κ2) is 6.15. The highest BCUT2D eigenvalue weighted by atomic mass is 19.1. The van der Waals surface area contributed by atoms with Crippen molar-refractivity contribution in [1.29, 1.82) is 0 Å². The van der Waals surface area contributed by atoms with E-state index in [0.29, 0.717) is 11.6 Å². The van der Waals surface area contributed by atoms with Gasteiger partial charge in [-0.15, -0.1) is 0 Å². The fraction of sp³-hybridized carbons (Fsp3) is 0.533. The largest absolute Gasteiger partial charge is 0.325 e. The fourth-order valence-corrected chi connectivity index (χ4v) is 2.69. The van der Waals surface area contributed by atoms with E-state index >= 15 is 0 Å². The number of hydrogen-bond donors (Lipinski definition) is 2. The molecule has 0 bridgehead atoms. The maximum Gasteiger partial charge on any atom is 0.282 e. The second-order valence-electron chi connectivity index (χ2n) is 5.58. The van der Waals surface area contributed by atoms with Gasteiger partial charge in [0.25, 0.3) is 5.91 Å². The molecule has 1 heterocycles. The lowest BCUT2D eigenvalue weighted by molar-refractivity contribution is -0.922. The van der Waals surface area contributed by atoms with Crippen LogP contribution in [0, 0.1) is 11.7 Å². The molecule has 2 N–H and O–H groups in total. The van der Waals surface area contributed by atoms with Crippen molar-refractivity contribution < 1.29 is 14.1 Å². The van der Waals surface area contributed by atoms with Crippen LogP contribution in [0.4, 0.5) is 10.1 Å². The first-order chi connectivity index (χ1) is 9.06. The van der Waals surface area contributed by atoms with Crippen LogP contribution < -0.4 is 10.2 Å². The molecular weight excluding hydrogens is 243 g/mol. The molecule has 0 saturated carbocycles. The van der Waals surface area contributed by atoms with Crippen LogP contribution in [-0.4, -0.2) is 25.0 Å². The molecular formula is C15H22FN2O+. The summed E-state index contributed by atoms with van der Waals surface area (Å²) < 4.78 is 12.8. The van der Waals surface area contributed by atoms with Gasteiger partial charge < -0.3 is 10.2 Å². The number of halogens is 1. The number of nitrogens with one attached hydrogen (secondary N) is 2. The zero-order chi connectivity index (χ0) is 13.8. The van der Waals surface area contributed by atoms with E-state index in [9.17, 15) is 9.18 Å². The number of hydrogen-bond acceptors (Lipinski definition) is 1. The lowest BCUT2D eigenvalue weighted by Crippen LogP contribution is -3.17. The van der Waals surface area contributed by atoms with Gasteiger partial charge in [-0.2, -0.15) is 0 Å². The minimum atomic E-state index is -0.290. The van der Waals surface area contributed by atoms with Gasteiger partial charge in [0.2, 0.25) is 0 Å². The van der Waals surface area contributed by atoms with Crippen molar-refractivity contribution >= 4 is 11.6 Å². The van der Waals surface area contributed by atoms with Gasteiger partial charge in [0.1, 0.15) is 5.82 Å². The molecule has 0 aromatic heterocycles. The van der Waals surface area contributed by atoms with E-state index in [0.717, 1.165) is 13.1 Å². The number of rotatable bonds is 3. The smallest absolute Gasteiger partial charge is 0.282 e. The van der Waals surface area contributed by atoms with Crippen LogP contribution in [0.25, 0.3) is 0 Å². The van der Waals surface area contributed by atoms with Crippen molar-refractivity contribution in [2.24, 2.45) is 5.92 Å².